The van der Waals surface area contributed by atoms with E-state index in [1.54, 1.807) is 30.3 Å². The Bertz CT molecular complexity index is 1150. The van der Waals surface area contributed by atoms with Gasteiger partial charge < -0.3 is 14.8 Å². The van der Waals surface area contributed by atoms with Crippen LogP contribution in [0.15, 0.2) is 54.6 Å². The lowest BCUT2D eigenvalue weighted by Crippen LogP contribution is -2.30. The number of carbonyl (C=O) groups is 2. The van der Waals surface area contributed by atoms with Gasteiger partial charge in [0.2, 0.25) is 0 Å². The highest BCUT2D eigenvalue weighted by Gasteiger charge is 2.25. The number of para-hydroxylation sites is 2. The molecule has 0 radical (unpaired) electrons. The van der Waals surface area contributed by atoms with Gasteiger partial charge in [-0.2, -0.15) is 5.26 Å². The van der Waals surface area contributed by atoms with Crippen molar-refractivity contribution >= 4 is 28.9 Å². The molecule has 1 aliphatic heterocycles. The summed E-state index contributed by atoms with van der Waals surface area (Å²) in [5, 5.41) is 11.7. The van der Waals surface area contributed by atoms with Crippen LogP contribution in [-0.2, 0) is 16.1 Å². The second-order valence-electron chi connectivity index (χ2n) is 6.44. The molecule has 4 rings (SSSR count). The van der Waals surface area contributed by atoms with E-state index in [1.165, 1.54) is 18.3 Å². The number of benzene rings is 2. The highest BCUT2D eigenvalue weighted by atomic mass is 32.1. The molecule has 1 amide bonds. The van der Waals surface area contributed by atoms with Crippen molar-refractivity contribution in [2.24, 2.45) is 0 Å². The Labute approximate surface area is 171 Å². The maximum atomic E-state index is 12.6. The van der Waals surface area contributed by atoms with Crippen molar-refractivity contribution in [3.8, 4) is 22.3 Å². The van der Waals surface area contributed by atoms with Crippen molar-refractivity contribution in [2.75, 3.05) is 5.32 Å². The Kier molecular flexibility index (Phi) is 5.02. The Morgan fingerprint density at radius 3 is 2.79 bits per heavy atom. The fourth-order valence-corrected chi connectivity index (χ4v) is 4.08. The van der Waals surface area contributed by atoms with Gasteiger partial charge >= 0.3 is 5.97 Å². The van der Waals surface area contributed by atoms with Crippen LogP contribution >= 0.6 is 11.3 Å². The molecule has 3 aromatic rings. The monoisotopic (exact) mass is 404 g/mol. The maximum Gasteiger partial charge on any atom is 0.349 e. The van der Waals surface area contributed by atoms with Gasteiger partial charge in [-0.25, -0.2) is 4.79 Å². The molecule has 7 heteroatoms. The summed E-state index contributed by atoms with van der Waals surface area (Å²) < 4.78 is 11.1. The summed E-state index contributed by atoms with van der Waals surface area (Å²) in [6, 6.07) is 18.0. The van der Waals surface area contributed by atoms with Gasteiger partial charge in [0.15, 0.2) is 6.10 Å². The number of amides is 1. The van der Waals surface area contributed by atoms with Crippen LogP contribution in [0.5, 0.6) is 5.75 Å². The standard InChI is InChI=1S/C22H16N2O4S/c1-13(21(25)24-17-8-4-2-6-14(17)11-23)28-22(26)19-10-15-12-27-18-9-5-3-7-16(18)20(15)29-19/h2-10,13H,12H2,1H3,(H,24,25)/t13-/m1/s1. The van der Waals surface area contributed by atoms with Gasteiger partial charge in [0.05, 0.1) is 11.3 Å². The smallest absolute Gasteiger partial charge is 0.349 e. The number of nitriles is 1. The zero-order chi connectivity index (χ0) is 20.4. The first-order valence-corrected chi connectivity index (χ1v) is 9.74. The fourth-order valence-electron chi connectivity index (χ4n) is 3.00. The van der Waals surface area contributed by atoms with Crippen molar-refractivity contribution in [2.45, 2.75) is 19.6 Å². The number of thiophene rings is 1. The Morgan fingerprint density at radius 2 is 1.97 bits per heavy atom. The molecule has 1 aliphatic rings. The molecule has 0 saturated carbocycles. The van der Waals surface area contributed by atoms with Crippen LogP contribution in [0.25, 0.3) is 10.4 Å². The Hall–Kier alpha value is -3.63. The fraction of sp³-hybridized carbons (Fsp3) is 0.136. The van der Waals surface area contributed by atoms with E-state index in [-0.39, 0.29) is 0 Å². The predicted octanol–water partition coefficient (Wildman–Crippen LogP) is 4.36. The average Bonchev–Trinajstić information content (AvgIpc) is 3.19. The summed E-state index contributed by atoms with van der Waals surface area (Å²) in [5.41, 5.74) is 2.57. The van der Waals surface area contributed by atoms with Crippen molar-refractivity contribution in [3.63, 3.8) is 0 Å². The minimum atomic E-state index is -1.02. The number of ether oxygens (including phenoxy) is 2. The number of hydrogen-bond acceptors (Lipinski definition) is 6. The number of carbonyl (C=O) groups excluding carboxylic acids is 2. The van der Waals surface area contributed by atoms with Crippen LogP contribution in [-0.4, -0.2) is 18.0 Å². The average molecular weight is 404 g/mol. The number of nitrogens with zero attached hydrogens (tertiary/aromatic N) is 1. The summed E-state index contributed by atoms with van der Waals surface area (Å²) >= 11 is 1.32. The molecule has 1 aromatic heterocycles. The third kappa shape index (κ3) is 3.71. The van der Waals surface area contributed by atoms with Gasteiger partial charge in [0, 0.05) is 16.0 Å². The van der Waals surface area contributed by atoms with Gasteiger partial charge in [0.25, 0.3) is 5.91 Å². The van der Waals surface area contributed by atoms with E-state index >= 15 is 0 Å². The lowest BCUT2D eigenvalue weighted by Gasteiger charge is -2.16. The van der Waals surface area contributed by atoms with Crippen LogP contribution in [0.2, 0.25) is 0 Å². The molecule has 6 nitrogen and oxygen atoms in total. The van der Waals surface area contributed by atoms with Crippen LogP contribution in [0.3, 0.4) is 0 Å². The van der Waals surface area contributed by atoms with Crippen molar-refractivity contribution in [1.29, 1.82) is 5.26 Å². The highest BCUT2D eigenvalue weighted by Crippen LogP contribution is 2.42. The van der Waals surface area contributed by atoms with Crippen LogP contribution in [0.4, 0.5) is 5.69 Å². The van der Waals surface area contributed by atoms with Crippen molar-refractivity contribution in [1.82, 2.24) is 0 Å². The van der Waals surface area contributed by atoms with Crippen LogP contribution < -0.4 is 10.1 Å². The predicted molar refractivity (Wildman–Crippen MR) is 109 cm³/mol. The molecule has 144 valence electrons. The third-order valence-electron chi connectivity index (χ3n) is 4.48. The minimum Gasteiger partial charge on any atom is -0.488 e. The van der Waals surface area contributed by atoms with Crippen molar-refractivity contribution in [3.05, 3.63) is 70.6 Å². The molecule has 0 unspecified atom stereocenters. The number of esters is 1. The lowest BCUT2D eigenvalue weighted by molar-refractivity contribution is -0.123. The molecule has 0 fully saturated rings. The number of anilines is 1. The Morgan fingerprint density at radius 1 is 1.21 bits per heavy atom. The number of fused-ring (bicyclic) bond motifs is 3. The highest BCUT2D eigenvalue weighted by molar-refractivity contribution is 7.17. The maximum absolute atomic E-state index is 12.6. The number of rotatable bonds is 4. The van der Waals surface area contributed by atoms with E-state index in [0.29, 0.717) is 22.7 Å². The summed E-state index contributed by atoms with van der Waals surface area (Å²) in [5.74, 6) is -0.292. The molecule has 29 heavy (non-hydrogen) atoms. The SMILES string of the molecule is C[C@@H](OC(=O)c1cc2c(s1)-c1ccccc1OC2)C(=O)Nc1ccccc1C#N. The zero-order valence-electron chi connectivity index (χ0n) is 15.5. The molecular formula is C22H16N2O4S. The summed E-state index contributed by atoms with van der Waals surface area (Å²) in [6.07, 6.45) is -1.02. The first-order valence-electron chi connectivity index (χ1n) is 8.92. The zero-order valence-corrected chi connectivity index (χ0v) is 16.3. The molecule has 0 saturated heterocycles. The number of nitrogens with one attached hydrogen (secondary N) is 1. The third-order valence-corrected chi connectivity index (χ3v) is 5.67. The quantitative estimate of drug-likeness (QED) is 0.653. The minimum absolute atomic E-state index is 0.337. The lowest BCUT2D eigenvalue weighted by atomic mass is 10.1. The van der Waals surface area contributed by atoms with Gasteiger partial charge in [-0.1, -0.05) is 24.3 Å². The molecule has 0 spiro atoms. The van der Waals surface area contributed by atoms with Crippen LogP contribution in [0, 0.1) is 11.3 Å². The van der Waals surface area contributed by atoms with E-state index in [1.807, 2.05) is 30.3 Å². The van der Waals surface area contributed by atoms with Gasteiger partial charge in [-0.3, -0.25) is 4.79 Å². The molecule has 2 heterocycles. The molecule has 0 bridgehead atoms. The van der Waals surface area contributed by atoms with E-state index in [9.17, 15) is 9.59 Å². The Balaban J connectivity index is 1.47. The molecule has 0 aliphatic carbocycles. The van der Waals surface area contributed by atoms with E-state index < -0.39 is 18.0 Å². The molecular weight excluding hydrogens is 388 g/mol. The summed E-state index contributed by atoms with van der Waals surface area (Å²) in [7, 11) is 0. The second kappa shape index (κ2) is 7.78. The topological polar surface area (TPSA) is 88.4 Å². The summed E-state index contributed by atoms with van der Waals surface area (Å²) in [6.45, 7) is 1.88. The summed E-state index contributed by atoms with van der Waals surface area (Å²) in [4.78, 5) is 26.4. The first-order chi connectivity index (χ1) is 14.1. The van der Waals surface area contributed by atoms with E-state index in [2.05, 4.69) is 5.32 Å². The van der Waals surface area contributed by atoms with Gasteiger partial charge in [-0.05, 0) is 37.3 Å². The number of hydrogen-bond donors (Lipinski definition) is 1. The molecule has 1 atom stereocenters. The van der Waals surface area contributed by atoms with E-state index in [4.69, 9.17) is 14.7 Å². The largest absolute Gasteiger partial charge is 0.488 e. The van der Waals surface area contributed by atoms with Crippen LogP contribution in [0.1, 0.15) is 27.7 Å². The van der Waals surface area contributed by atoms with Gasteiger partial charge in [-0.15, -0.1) is 11.3 Å². The van der Waals surface area contributed by atoms with Gasteiger partial charge in [0.1, 0.15) is 23.3 Å². The van der Waals surface area contributed by atoms with Crippen molar-refractivity contribution < 1.29 is 19.1 Å². The second-order valence-corrected chi connectivity index (χ2v) is 7.50. The first kappa shape index (κ1) is 18.7. The normalized spacial score (nSPS) is 12.6. The molecule has 2 aromatic carbocycles. The molecule has 1 N–H and O–H groups in total. The van der Waals surface area contributed by atoms with E-state index in [0.717, 1.165) is 21.8 Å².